The van der Waals surface area contributed by atoms with Gasteiger partial charge in [0.25, 0.3) is 15.9 Å². The third-order valence-corrected chi connectivity index (χ3v) is 6.08. The van der Waals surface area contributed by atoms with Crippen molar-refractivity contribution in [3.63, 3.8) is 0 Å². The molecule has 1 amide bonds. The van der Waals surface area contributed by atoms with E-state index in [1.807, 2.05) is 32.0 Å². The van der Waals surface area contributed by atoms with Crippen molar-refractivity contribution in [2.45, 2.75) is 32.1 Å². The lowest BCUT2D eigenvalue weighted by Gasteiger charge is -2.13. The zero-order valence-corrected chi connectivity index (χ0v) is 18.6. The van der Waals surface area contributed by atoms with Gasteiger partial charge in [0.1, 0.15) is 5.75 Å². The van der Waals surface area contributed by atoms with Crippen molar-refractivity contribution in [3.8, 4) is 5.75 Å². The first-order valence-corrected chi connectivity index (χ1v) is 11.5. The molecule has 0 saturated heterocycles. The Morgan fingerprint density at radius 3 is 2.45 bits per heavy atom. The van der Waals surface area contributed by atoms with Crippen LogP contribution < -0.4 is 14.8 Å². The van der Waals surface area contributed by atoms with Gasteiger partial charge in [-0.3, -0.25) is 9.52 Å². The molecule has 0 bridgehead atoms. The average Bonchev–Trinajstić information content (AvgIpc) is 2.74. The standard InChI is InChI=1S/C24H26N2O4S/c1-4-14-30-20-10-7-9-19(15-20)25-24(27)22-16-21(13-12-17(22)2)31(28,29)26-23-11-6-5-8-18(23)3/h5-13,15-16,26H,4,14H2,1-3H3,(H,25,27). The zero-order chi connectivity index (χ0) is 22.4. The third-order valence-electron chi connectivity index (χ3n) is 4.72. The van der Waals surface area contributed by atoms with Gasteiger partial charge in [0, 0.05) is 17.3 Å². The molecule has 3 aromatic rings. The molecule has 31 heavy (non-hydrogen) atoms. The van der Waals surface area contributed by atoms with Gasteiger partial charge in [-0.2, -0.15) is 0 Å². The molecule has 0 saturated carbocycles. The molecular formula is C24H26N2O4S. The smallest absolute Gasteiger partial charge is 0.261 e. The topological polar surface area (TPSA) is 84.5 Å². The van der Waals surface area contributed by atoms with Gasteiger partial charge in [0.2, 0.25) is 0 Å². The van der Waals surface area contributed by atoms with Crippen LogP contribution in [0, 0.1) is 13.8 Å². The van der Waals surface area contributed by atoms with E-state index < -0.39 is 15.9 Å². The molecule has 0 aliphatic rings. The SMILES string of the molecule is CCCOc1cccc(NC(=O)c2cc(S(=O)(=O)Nc3ccccc3C)ccc2C)c1. The fraction of sp³-hybridized carbons (Fsp3) is 0.208. The molecule has 3 rings (SSSR count). The van der Waals surface area contributed by atoms with Crippen LogP contribution in [0.1, 0.15) is 34.8 Å². The maximum atomic E-state index is 12.9. The van der Waals surface area contributed by atoms with E-state index in [-0.39, 0.29) is 10.5 Å². The second-order valence-corrected chi connectivity index (χ2v) is 8.91. The highest BCUT2D eigenvalue weighted by Crippen LogP contribution is 2.23. The number of aryl methyl sites for hydroxylation is 2. The van der Waals surface area contributed by atoms with Gasteiger partial charge in [-0.1, -0.05) is 37.3 Å². The predicted octanol–water partition coefficient (Wildman–Crippen LogP) is 5.15. The van der Waals surface area contributed by atoms with Gasteiger partial charge in [-0.15, -0.1) is 0 Å². The molecule has 0 aliphatic heterocycles. The van der Waals surface area contributed by atoms with Crippen molar-refractivity contribution in [1.29, 1.82) is 0 Å². The molecule has 3 aromatic carbocycles. The number of hydrogen-bond acceptors (Lipinski definition) is 4. The van der Waals surface area contributed by atoms with E-state index in [1.54, 1.807) is 43.3 Å². The van der Waals surface area contributed by atoms with Crippen LogP contribution in [0.2, 0.25) is 0 Å². The highest BCUT2D eigenvalue weighted by Gasteiger charge is 2.19. The number of para-hydroxylation sites is 1. The van der Waals surface area contributed by atoms with Crippen LogP contribution in [0.15, 0.2) is 71.6 Å². The molecule has 6 nitrogen and oxygen atoms in total. The second-order valence-electron chi connectivity index (χ2n) is 7.23. The van der Waals surface area contributed by atoms with Crippen molar-refractivity contribution < 1.29 is 17.9 Å². The summed E-state index contributed by atoms with van der Waals surface area (Å²) in [7, 11) is -3.85. The quantitative estimate of drug-likeness (QED) is 0.510. The summed E-state index contributed by atoms with van der Waals surface area (Å²) < 4.78 is 34.0. The number of anilines is 2. The zero-order valence-electron chi connectivity index (χ0n) is 17.8. The lowest BCUT2D eigenvalue weighted by molar-refractivity contribution is 0.102. The lowest BCUT2D eigenvalue weighted by Crippen LogP contribution is -2.17. The predicted molar refractivity (Wildman–Crippen MR) is 123 cm³/mol. The molecule has 0 unspecified atom stereocenters. The number of hydrogen-bond donors (Lipinski definition) is 2. The van der Waals surface area contributed by atoms with Crippen LogP contribution in [0.4, 0.5) is 11.4 Å². The van der Waals surface area contributed by atoms with Crippen molar-refractivity contribution >= 4 is 27.3 Å². The van der Waals surface area contributed by atoms with Gasteiger partial charge in [-0.25, -0.2) is 8.42 Å². The first-order valence-electron chi connectivity index (χ1n) is 10.0. The van der Waals surface area contributed by atoms with E-state index in [0.29, 0.717) is 29.3 Å². The summed E-state index contributed by atoms with van der Waals surface area (Å²) in [5.74, 6) is 0.271. The fourth-order valence-electron chi connectivity index (χ4n) is 2.99. The summed E-state index contributed by atoms with van der Waals surface area (Å²) in [5.41, 5.74) is 2.84. The van der Waals surface area contributed by atoms with Gasteiger partial charge in [-0.05, 0) is 61.7 Å². The Balaban J connectivity index is 1.83. The Bertz CT molecular complexity index is 1190. The van der Waals surface area contributed by atoms with E-state index in [4.69, 9.17) is 4.74 Å². The van der Waals surface area contributed by atoms with Gasteiger partial charge in [0.05, 0.1) is 17.2 Å². The number of benzene rings is 3. The molecule has 2 N–H and O–H groups in total. The van der Waals surface area contributed by atoms with Crippen LogP contribution in [0.25, 0.3) is 0 Å². The molecule has 162 valence electrons. The minimum atomic E-state index is -3.85. The molecule has 0 spiro atoms. The van der Waals surface area contributed by atoms with Gasteiger partial charge < -0.3 is 10.1 Å². The van der Waals surface area contributed by atoms with E-state index in [0.717, 1.165) is 12.0 Å². The number of rotatable bonds is 8. The average molecular weight is 439 g/mol. The largest absolute Gasteiger partial charge is 0.494 e. The molecule has 0 aliphatic carbocycles. The van der Waals surface area contributed by atoms with Crippen LogP contribution in [0.5, 0.6) is 5.75 Å². The Hall–Kier alpha value is -3.32. The first kappa shape index (κ1) is 22.4. The molecule has 0 fully saturated rings. The van der Waals surface area contributed by atoms with E-state index in [2.05, 4.69) is 10.0 Å². The molecule has 0 heterocycles. The first-order chi connectivity index (χ1) is 14.8. The van der Waals surface area contributed by atoms with Crippen LogP contribution in [-0.2, 0) is 10.0 Å². The number of ether oxygens (including phenoxy) is 1. The molecule has 0 atom stereocenters. The summed E-state index contributed by atoms with van der Waals surface area (Å²) in [6.07, 6.45) is 0.883. The highest BCUT2D eigenvalue weighted by molar-refractivity contribution is 7.92. The summed E-state index contributed by atoms with van der Waals surface area (Å²) in [5, 5.41) is 2.82. The number of carbonyl (C=O) groups excluding carboxylic acids is 1. The Labute approximate surface area is 183 Å². The summed E-state index contributed by atoms with van der Waals surface area (Å²) in [6, 6.07) is 18.7. The summed E-state index contributed by atoms with van der Waals surface area (Å²) in [6.45, 7) is 6.19. The minimum Gasteiger partial charge on any atom is -0.494 e. The van der Waals surface area contributed by atoms with E-state index in [1.165, 1.54) is 12.1 Å². The molecule has 7 heteroatoms. The summed E-state index contributed by atoms with van der Waals surface area (Å²) >= 11 is 0. The molecular weight excluding hydrogens is 412 g/mol. The molecule has 0 radical (unpaired) electrons. The number of carbonyl (C=O) groups is 1. The van der Waals surface area contributed by atoms with Crippen molar-refractivity contribution in [1.82, 2.24) is 0 Å². The summed E-state index contributed by atoms with van der Waals surface area (Å²) in [4.78, 5) is 12.9. The maximum absolute atomic E-state index is 12.9. The number of amides is 1. The Morgan fingerprint density at radius 1 is 0.935 bits per heavy atom. The lowest BCUT2D eigenvalue weighted by atomic mass is 10.1. The van der Waals surface area contributed by atoms with Crippen molar-refractivity contribution in [2.24, 2.45) is 0 Å². The minimum absolute atomic E-state index is 0.0199. The molecule has 0 aromatic heterocycles. The number of sulfonamides is 1. The monoisotopic (exact) mass is 438 g/mol. The van der Waals surface area contributed by atoms with Crippen LogP contribution in [0.3, 0.4) is 0 Å². The second kappa shape index (κ2) is 9.66. The number of nitrogens with one attached hydrogen (secondary N) is 2. The van der Waals surface area contributed by atoms with Crippen molar-refractivity contribution in [2.75, 3.05) is 16.6 Å². The van der Waals surface area contributed by atoms with Gasteiger partial charge >= 0.3 is 0 Å². The Kier molecular flexibility index (Phi) is 6.97. The van der Waals surface area contributed by atoms with Crippen LogP contribution >= 0.6 is 0 Å². The van der Waals surface area contributed by atoms with Crippen molar-refractivity contribution in [3.05, 3.63) is 83.4 Å². The van der Waals surface area contributed by atoms with E-state index in [9.17, 15) is 13.2 Å². The fourth-order valence-corrected chi connectivity index (χ4v) is 4.14. The van der Waals surface area contributed by atoms with Gasteiger partial charge in [0.15, 0.2) is 0 Å². The third kappa shape index (κ3) is 5.64. The highest BCUT2D eigenvalue weighted by atomic mass is 32.2. The Morgan fingerprint density at radius 2 is 1.71 bits per heavy atom. The van der Waals surface area contributed by atoms with Crippen LogP contribution in [-0.4, -0.2) is 20.9 Å². The maximum Gasteiger partial charge on any atom is 0.261 e. The van der Waals surface area contributed by atoms with E-state index >= 15 is 0 Å². The normalized spacial score (nSPS) is 11.1.